The van der Waals surface area contributed by atoms with E-state index in [-0.39, 0.29) is 6.09 Å². The summed E-state index contributed by atoms with van der Waals surface area (Å²) in [6, 6.07) is 3.80. The third kappa shape index (κ3) is 7.82. The van der Waals surface area contributed by atoms with Crippen molar-refractivity contribution in [1.82, 2.24) is 14.8 Å². The lowest BCUT2D eigenvalue weighted by molar-refractivity contribution is 0.0232. The molecule has 0 aromatic carbocycles. The van der Waals surface area contributed by atoms with Gasteiger partial charge in [-0.05, 0) is 38.8 Å². The van der Waals surface area contributed by atoms with Crippen molar-refractivity contribution in [2.24, 2.45) is 10.7 Å². The highest BCUT2D eigenvalue weighted by molar-refractivity contribution is 5.78. The van der Waals surface area contributed by atoms with E-state index in [1.165, 1.54) is 0 Å². The number of hydrogen-bond donors (Lipinski definition) is 1. The van der Waals surface area contributed by atoms with Gasteiger partial charge in [0.05, 0.1) is 19.8 Å². The second-order valence-electron chi connectivity index (χ2n) is 7.46. The van der Waals surface area contributed by atoms with Crippen molar-refractivity contribution in [2.75, 3.05) is 39.4 Å². The summed E-state index contributed by atoms with van der Waals surface area (Å²) in [4.78, 5) is 24.8. The number of morpholine rings is 1. The van der Waals surface area contributed by atoms with Crippen molar-refractivity contribution in [3.05, 3.63) is 30.1 Å². The van der Waals surface area contributed by atoms with E-state index < -0.39 is 5.60 Å². The molecule has 2 rings (SSSR count). The lowest BCUT2D eigenvalue weighted by Crippen LogP contribution is -2.45. The second kappa shape index (κ2) is 10.1. The Morgan fingerprint density at radius 2 is 2.15 bits per heavy atom. The molecule has 0 saturated carbocycles. The Hall–Kier alpha value is -2.35. The van der Waals surface area contributed by atoms with Gasteiger partial charge in [0.25, 0.3) is 0 Å². The number of nitrogens with zero attached hydrogens (tertiary/aromatic N) is 4. The maximum atomic E-state index is 12.5. The monoisotopic (exact) mass is 377 g/mol. The van der Waals surface area contributed by atoms with Crippen LogP contribution >= 0.6 is 0 Å². The van der Waals surface area contributed by atoms with Gasteiger partial charge in [0, 0.05) is 38.6 Å². The predicted molar refractivity (Wildman–Crippen MR) is 104 cm³/mol. The molecule has 1 aliphatic heterocycles. The smallest absolute Gasteiger partial charge is 0.410 e. The minimum absolute atomic E-state index is 0.337. The van der Waals surface area contributed by atoms with Gasteiger partial charge >= 0.3 is 6.09 Å². The molecular formula is C19H31N5O3. The molecule has 0 atom stereocenters. The summed E-state index contributed by atoms with van der Waals surface area (Å²) >= 11 is 0. The van der Waals surface area contributed by atoms with Crippen molar-refractivity contribution in [3.8, 4) is 0 Å². The summed E-state index contributed by atoms with van der Waals surface area (Å²) in [5.74, 6) is 0.536. The number of aromatic nitrogens is 1. The van der Waals surface area contributed by atoms with Crippen LogP contribution in [0.15, 0.2) is 29.5 Å². The maximum absolute atomic E-state index is 12.5. The Bertz CT molecular complexity index is 610. The summed E-state index contributed by atoms with van der Waals surface area (Å²) < 4.78 is 10.8. The predicted octanol–water partition coefficient (Wildman–Crippen LogP) is 1.86. The lowest BCUT2D eigenvalue weighted by Gasteiger charge is -2.28. The van der Waals surface area contributed by atoms with Crippen LogP contribution in [0, 0.1) is 0 Å². The van der Waals surface area contributed by atoms with E-state index >= 15 is 0 Å². The van der Waals surface area contributed by atoms with Gasteiger partial charge in [0.2, 0.25) is 0 Å². The number of guanidine groups is 1. The number of carbonyl (C=O) groups excluding carboxylic acids is 1. The van der Waals surface area contributed by atoms with E-state index in [4.69, 9.17) is 15.2 Å². The number of pyridine rings is 1. The minimum atomic E-state index is -0.539. The van der Waals surface area contributed by atoms with Crippen LogP contribution in [0.5, 0.6) is 0 Å². The van der Waals surface area contributed by atoms with Crippen LogP contribution < -0.4 is 5.73 Å². The molecule has 1 aromatic heterocycles. The average Bonchev–Trinajstić information content (AvgIpc) is 2.64. The molecule has 2 heterocycles. The number of ether oxygens (including phenoxy) is 2. The van der Waals surface area contributed by atoms with Crippen LogP contribution in [-0.2, 0) is 16.0 Å². The summed E-state index contributed by atoms with van der Waals surface area (Å²) in [5.41, 5.74) is 6.46. The Morgan fingerprint density at radius 1 is 1.41 bits per heavy atom. The zero-order valence-electron chi connectivity index (χ0n) is 16.6. The molecule has 0 spiro atoms. The van der Waals surface area contributed by atoms with Crippen LogP contribution in [0.2, 0.25) is 0 Å². The third-order valence-electron chi connectivity index (χ3n) is 3.94. The third-order valence-corrected chi connectivity index (χ3v) is 3.94. The van der Waals surface area contributed by atoms with Crippen molar-refractivity contribution in [3.63, 3.8) is 0 Å². The number of aliphatic imine (C=N–C) groups is 1. The van der Waals surface area contributed by atoms with Crippen molar-refractivity contribution in [1.29, 1.82) is 0 Å². The Morgan fingerprint density at radius 3 is 2.78 bits per heavy atom. The molecule has 1 aliphatic rings. The first-order chi connectivity index (χ1) is 12.8. The SMILES string of the molecule is CC(C)(C)OC(=O)N(CCCN=C(N)N1CCOCC1)Cc1cccnc1. The van der Waals surface area contributed by atoms with Gasteiger partial charge in [-0.25, -0.2) is 4.79 Å². The van der Waals surface area contributed by atoms with E-state index in [9.17, 15) is 4.79 Å². The highest BCUT2D eigenvalue weighted by Crippen LogP contribution is 2.13. The molecule has 2 N–H and O–H groups in total. The van der Waals surface area contributed by atoms with Gasteiger partial charge < -0.3 is 25.0 Å². The lowest BCUT2D eigenvalue weighted by atomic mass is 10.2. The van der Waals surface area contributed by atoms with Gasteiger partial charge in [-0.1, -0.05) is 6.07 Å². The first kappa shape index (κ1) is 21.0. The normalized spacial score (nSPS) is 15.5. The van der Waals surface area contributed by atoms with Gasteiger partial charge in [-0.15, -0.1) is 0 Å². The fourth-order valence-corrected chi connectivity index (χ4v) is 2.62. The molecule has 150 valence electrons. The fourth-order valence-electron chi connectivity index (χ4n) is 2.62. The number of carbonyl (C=O) groups is 1. The molecular weight excluding hydrogens is 346 g/mol. The van der Waals surface area contributed by atoms with E-state index in [2.05, 4.69) is 9.98 Å². The minimum Gasteiger partial charge on any atom is -0.444 e. The van der Waals surface area contributed by atoms with Crippen molar-refractivity contribution >= 4 is 12.1 Å². The summed E-state index contributed by atoms with van der Waals surface area (Å²) in [6.07, 6.45) is 3.83. The molecule has 1 saturated heterocycles. The van der Waals surface area contributed by atoms with Crippen LogP contribution in [0.25, 0.3) is 0 Å². The van der Waals surface area contributed by atoms with Crippen molar-refractivity contribution in [2.45, 2.75) is 39.3 Å². The van der Waals surface area contributed by atoms with Gasteiger partial charge in [-0.2, -0.15) is 0 Å². The number of nitrogens with two attached hydrogens (primary N) is 1. The van der Waals surface area contributed by atoms with E-state index in [1.807, 2.05) is 37.8 Å². The summed E-state index contributed by atoms with van der Waals surface area (Å²) in [5, 5.41) is 0. The average molecular weight is 377 g/mol. The number of amides is 1. The Balaban J connectivity index is 1.89. The maximum Gasteiger partial charge on any atom is 0.410 e. The Labute approximate surface area is 161 Å². The van der Waals surface area contributed by atoms with Crippen LogP contribution in [0.4, 0.5) is 4.79 Å². The first-order valence-electron chi connectivity index (χ1n) is 9.34. The van der Waals surface area contributed by atoms with E-state index in [0.29, 0.717) is 45.2 Å². The summed E-state index contributed by atoms with van der Waals surface area (Å²) in [7, 11) is 0. The van der Waals surface area contributed by atoms with Crippen LogP contribution in [0.3, 0.4) is 0 Å². The molecule has 8 heteroatoms. The van der Waals surface area contributed by atoms with Gasteiger partial charge in [-0.3, -0.25) is 9.98 Å². The second-order valence-corrected chi connectivity index (χ2v) is 7.46. The fraction of sp³-hybridized carbons (Fsp3) is 0.632. The zero-order valence-corrected chi connectivity index (χ0v) is 16.6. The number of hydrogen-bond acceptors (Lipinski definition) is 5. The zero-order chi connectivity index (χ0) is 19.7. The molecule has 0 unspecified atom stereocenters. The van der Waals surface area contributed by atoms with Crippen molar-refractivity contribution < 1.29 is 14.3 Å². The van der Waals surface area contributed by atoms with E-state index in [1.54, 1.807) is 17.3 Å². The quantitative estimate of drug-likeness (QED) is 0.462. The van der Waals surface area contributed by atoms with Gasteiger partial charge in [0.1, 0.15) is 5.60 Å². The number of rotatable bonds is 6. The standard InChI is InChI=1S/C19H31N5O3/c1-19(2,3)27-18(25)24(15-16-6-4-7-21-14-16)9-5-8-22-17(20)23-10-12-26-13-11-23/h4,6-7,14H,5,8-13,15H2,1-3H3,(H2,20,22). The topological polar surface area (TPSA) is 93.3 Å². The highest BCUT2D eigenvalue weighted by Gasteiger charge is 2.22. The molecule has 1 fully saturated rings. The molecule has 0 aliphatic carbocycles. The van der Waals surface area contributed by atoms with Crippen LogP contribution in [-0.4, -0.2) is 71.8 Å². The van der Waals surface area contributed by atoms with Crippen LogP contribution in [0.1, 0.15) is 32.8 Å². The van der Waals surface area contributed by atoms with Gasteiger partial charge in [0.15, 0.2) is 5.96 Å². The Kier molecular flexibility index (Phi) is 7.84. The highest BCUT2D eigenvalue weighted by atomic mass is 16.6. The molecule has 1 amide bonds. The molecule has 8 nitrogen and oxygen atoms in total. The first-order valence-corrected chi connectivity index (χ1v) is 9.34. The molecule has 0 bridgehead atoms. The molecule has 1 aromatic rings. The summed E-state index contributed by atoms with van der Waals surface area (Å²) in [6.45, 7) is 9.99. The van der Waals surface area contributed by atoms with E-state index in [0.717, 1.165) is 18.7 Å². The molecule has 27 heavy (non-hydrogen) atoms. The largest absolute Gasteiger partial charge is 0.444 e. The molecule has 0 radical (unpaired) electrons.